The third-order valence-electron chi connectivity index (χ3n) is 3.06. The second-order valence-corrected chi connectivity index (χ2v) is 4.63. The van der Waals surface area contributed by atoms with Crippen molar-refractivity contribution in [1.82, 2.24) is 4.98 Å². The van der Waals surface area contributed by atoms with Crippen molar-refractivity contribution >= 4 is 23.3 Å². The summed E-state index contributed by atoms with van der Waals surface area (Å²) in [5, 5.41) is 3.83. The molecule has 5 heteroatoms. The molecule has 1 N–H and O–H groups in total. The van der Waals surface area contributed by atoms with Crippen LogP contribution in [0.25, 0.3) is 0 Å². The maximum absolute atomic E-state index is 11.4. The number of carbonyl (C=O) groups is 1. The number of aromatic nitrogens is 1. The number of halogens is 1. The molecule has 1 aromatic rings. The molecule has 1 aromatic heterocycles. The third-order valence-corrected chi connectivity index (χ3v) is 3.27. The summed E-state index contributed by atoms with van der Waals surface area (Å²) in [4.78, 5) is 15.3. The Morgan fingerprint density at radius 1 is 1.59 bits per heavy atom. The second-order valence-electron chi connectivity index (χ2n) is 4.24. The lowest BCUT2D eigenvalue weighted by Crippen LogP contribution is -2.18. The van der Waals surface area contributed by atoms with Crippen molar-refractivity contribution in [2.24, 2.45) is 5.92 Å². The van der Waals surface area contributed by atoms with Crippen molar-refractivity contribution in [3.05, 3.63) is 23.5 Å². The second kappa shape index (κ2) is 5.36. The minimum absolute atomic E-state index is 0.0230. The number of pyridine rings is 1. The quantitative estimate of drug-likeness (QED) is 0.665. The van der Waals surface area contributed by atoms with Crippen LogP contribution in [0.3, 0.4) is 0 Å². The van der Waals surface area contributed by atoms with Crippen LogP contribution in [0.2, 0.25) is 5.15 Å². The Balaban J connectivity index is 1.92. The maximum Gasteiger partial charge on any atom is 0.308 e. The summed E-state index contributed by atoms with van der Waals surface area (Å²) in [5.41, 5.74) is 0.945. The highest BCUT2D eigenvalue weighted by molar-refractivity contribution is 6.29. The molecule has 4 nitrogen and oxygen atoms in total. The lowest BCUT2D eigenvalue weighted by Gasteiger charge is -2.14. The van der Waals surface area contributed by atoms with E-state index in [-0.39, 0.29) is 11.9 Å². The molecule has 1 fully saturated rings. The molecule has 0 bridgehead atoms. The van der Waals surface area contributed by atoms with E-state index in [2.05, 4.69) is 10.3 Å². The Morgan fingerprint density at radius 2 is 2.41 bits per heavy atom. The van der Waals surface area contributed by atoms with Crippen molar-refractivity contribution < 1.29 is 9.53 Å². The van der Waals surface area contributed by atoms with Crippen molar-refractivity contribution in [1.29, 1.82) is 0 Å². The Morgan fingerprint density at radius 3 is 3.12 bits per heavy atom. The zero-order chi connectivity index (χ0) is 12.3. The maximum atomic E-state index is 11.4. The van der Waals surface area contributed by atoms with Gasteiger partial charge >= 0.3 is 5.97 Å². The number of hydrogen-bond donors (Lipinski definition) is 1. The van der Waals surface area contributed by atoms with Crippen LogP contribution in [0.15, 0.2) is 18.3 Å². The third kappa shape index (κ3) is 3.09. The van der Waals surface area contributed by atoms with Gasteiger partial charge in [0.25, 0.3) is 0 Å². The number of esters is 1. The van der Waals surface area contributed by atoms with Gasteiger partial charge in [-0.2, -0.15) is 0 Å². The molecule has 0 spiro atoms. The molecule has 0 aromatic carbocycles. The van der Waals surface area contributed by atoms with E-state index < -0.39 is 0 Å². The molecule has 0 aliphatic heterocycles. The van der Waals surface area contributed by atoms with Gasteiger partial charge in [-0.25, -0.2) is 4.98 Å². The normalized spacial score (nSPS) is 23.4. The first-order chi connectivity index (χ1) is 8.19. The molecule has 1 saturated carbocycles. The van der Waals surface area contributed by atoms with Gasteiger partial charge in [0.05, 0.1) is 13.0 Å². The van der Waals surface area contributed by atoms with Crippen molar-refractivity contribution in [3.8, 4) is 0 Å². The fraction of sp³-hybridized carbons (Fsp3) is 0.500. The lowest BCUT2D eigenvalue weighted by molar-refractivity contribution is -0.145. The predicted octanol–water partition coefficient (Wildman–Crippen LogP) is 2.49. The summed E-state index contributed by atoms with van der Waals surface area (Å²) >= 11 is 5.81. The van der Waals surface area contributed by atoms with Gasteiger partial charge in [-0.15, -0.1) is 0 Å². The van der Waals surface area contributed by atoms with E-state index in [1.54, 1.807) is 12.3 Å². The number of nitrogens with zero attached hydrogens (tertiary/aromatic N) is 1. The summed E-state index contributed by atoms with van der Waals surface area (Å²) in [6.07, 6.45) is 4.33. The minimum atomic E-state index is -0.109. The number of ether oxygens (including phenoxy) is 1. The van der Waals surface area contributed by atoms with E-state index in [1.807, 2.05) is 6.07 Å². The van der Waals surface area contributed by atoms with Gasteiger partial charge in [0, 0.05) is 17.9 Å². The van der Waals surface area contributed by atoms with Crippen LogP contribution in [0.4, 0.5) is 5.69 Å². The molecule has 1 aliphatic carbocycles. The van der Waals surface area contributed by atoms with E-state index in [4.69, 9.17) is 16.3 Å². The summed E-state index contributed by atoms with van der Waals surface area (Å²) in [7, 11) is 1.44. The largest absolute Gasteiger partial charge is 0.469 e. The van der Waals surface area contributed by atoms with Crippen LogP contribution >= 0.6 is 11.6 Å². The first kappa shape index (κ1) is 12.2. The fourth-order valence-electron chi connectivity index (χ4n) is 2.22. The summed E-state index contributed by atoms with van der Waals surface area (Å²) in [6, 6.07) is 3.96. The Labute approximate surface area is 105 Å². The average molecular weight is 255 g/mol. The topological polar surface area (TPSA) is 51.2 Å². The summed E-state index contributed by atoms with van der Waals surface area (Å²) in [5.74, 6) is -0.0862. The molecule has 17 heavy (non-hydrogen) atoms. The van der Waals surface area contributed by atoms with Crippen LogP contribution in [0.5, 0.6) is 0 Å². The van der Waals surface area contributed by atoms with Gasteiger partial charge < -0.3 is 10.1 Å². The summed E-state index contributed by atoms with van der Waals surface area (Å²) in [6.45, 7) is 0. The van der Waals surface area contributed by atoms with E-state index >= 15 is 0 Å². The molecule has 0 radical (unpaired) electrons. The zero-order valence-corrected chi connectivity index (χ0v) is 10.4. The number of carbonyl (C=O) groups excluding carboxylic acids is 1. The standard InChI is InChI=1S/C12H15ClN2O2/c1-17-12(16)8-2-3-9(6-8)15-10-4-5-14-11(13)7-10/h4-5,7-9H,2-3,6H2,1H3,(H,14,15)/t8-,9+/m0/s1. The molecule has 1 heterocycles. The smallest absolute Gasteiger partial charge is 0.308 e. The minimum Gasteiger partial charge on any atom is -0.469 e. The molecule has 2 rings (SSSR count). The van der Waals surface area contributed by atoms with Crippen molar-refractivity contribution in [3.63, 3.8) is 0 Å². The molecule has 0 saturated heterocycles. The van der Waals surface area contributed by atoms with E-state index in [1.165, 1.54) is 7.11 Å². The first-order valence-electron chi connectivity index (χ1n) is 5.65. The van der Waals surface area contributed by atoms with Gasteiger partial charge in [0.2, 0.25) is 0 Å². The van der Waals surface area contributed by atoms with Crippen LogP contribution in [0, 0.1) is 5.92 Å². The fourth-order valence-corrected chi connectivity index (χ4v) is 2.40. The van der Waals surface area contributed by atoms with Crippen LogP contribution < -0.4 is 5.32 Å². The highest BCUT2D eigenvalue weighted by Gasteiger charge is 2.30. The van der Waals surface area contributed by atoms with Crippen molar-refractivity contribution in [2.75, 3.05) is 12.4 Å². The Hall–Kier alpha value is -1.29. The Bertz CT molecular complexity index is 411. The predicted molar refractivity (Wildman–Crippen MR) is 66.0 cm³/mol. The molecule has 92 valence electrons. The molecular weight excluding hydrogens is 240 g/mol. The number of rotatable bonds is 3. The molecule has 2 atom stereocenters. The monoisotopic (exact) mass is 254 g/mol. The van der Waals surface area contributed by atoms with E-state index in [0.717, 1.165) is 24.9 Å². The van der Waals surface area contributed by atoms with E-state index in [9.17, 15) is 4.79 Å². The van der Waals surface area contributed by atoms with Crippen LogP contribution in [-0.4, -0.2) is 24.1 Å². The SMILES string of the molecule is COC(=O)[C@H]1CC[C@@H](Nc2ccnc(Cl)c2)C1. The number of methoxy groups -OCH3 is 1. The molecule has 0 unspecified atom stereocenters. The van der Waals surface area contributed by atoms with Gasteiger partial charge in [0.1, 0.15) is 5.15 Å². The van der Waals surface area contributed by atoms with Crippen molar-refractivity contribution in [2.45, 2.75) is 25.3 Å². The molecular formula is C12H15ClN2O2. The van der Waals surface area contributed by atoms with Gasteiger partial charge in [-0.05, 0) is 31.4 Å². The average Bonchev–Trinajstić information content (AvgIpc) is 2.76. The zero-order valence-electron chi connectivity index (χ0n) is 9.65. The summed E-state index contributed by atoms with van der Waals surface area (Å²) < 4.78 is 4.75. The van der Waals surface area contributed by atoms with Gasteiger partial charge in [0.15, 0.2) is 0 Å². The highest BCUT2D eigenvalue weighted by Crippen LogP contribution is 2.29. The first-order valence-corrected chi connectivity index (χ1v) is 6.02. The lowest BCUT2D eigenvalue weighted by atomic mass is 10.1. The number of nitrogens with one attached hydrogen (secondary N) is 1. The number of hydrogen-bond acceptors (Lipinski definition) is 4. The van der Waals surface area contributed by atoms with E-state index in [0.29, 0.717) is 11.2 Å². The number of anilines is 1. The van der Waals surface area contributed by atoms with Crippen LogP contribution in [-0.2, 0) is 9.53 Å². The van der Waals surface area contributed by atoms with Gasteiger partial charge in [-0.3, -0.25) is 4.79 Å². The molecule has 1 aliphatic rings. The van der Waals surface area contributed by atoms with Gasteiger partial charge in [-0.1, -0.05) is 11.6 Å². The van der Waals surface area contributed by atoms with Crippen LogP contribution in [0.1, 0.15) is 19.3 Å². The highest BCUT2D eigenvalue weighted by atomic mass is 35.5. The molecule has 0 amide bonds. The Kier molecular flexibility index (Phi) is 3.84.